The van der Waals surface area contributed by atoms with Crippen molar-refractivity contribution in [3.63, 3.8) is 0 Å². The topological polar surface area (TPSA) is 165 Å². The van der Waals surface area contributed by atoms with E-state index < -0.39 is 11.7 Å². The number of anilines is 1. The monoisotopic (exact) mass is 441 g/mol. The molecule has 168 valence electrons. The number of fused-ring (bicyclic) bond motifs is 1. The Bertz CT molecular complexity index is 1170. The van der Waals surface area contributed by atoms with Gasteiger partial charge in [0, 0.05) is 13.1 Å². The SMILES string of the molecule is CC(=O)CN(CCN)C(=O)Cn1cnc2c(=O)[nH]c(NC(=O)OCc3ccccc3)nc21. The number of nitrogens with zero attached hydrogens (tertiary/aromatic N) is 4. The van der Waals surface area contributed by atoms with Crippen LogP contribution in [0.15, 0.2) is 41.5 Å². The van der Waals surface area contributed by atoms with Crippen LogP contribution in [-0.2, 0) is 27.5 Å². The Morgan fingerprint density at radius 3 is 2.69 bits per heavy atom. The van der Waals surface area contributed by atoms with E-state index >= 15 is 0 Å². The van der Waals surface area contributed by atoms with Crippen LogP contribution >= 0.6 is 0 Å². The molecule has 12 nitrogen and oxygen atoms in total. The molecule has 0 aliphatic heterocycles. The quantitative estimate of drug-likeness (QED) is 0.425. The lowest BCUT2D eigenvalue weighted by Crippen LogP contribution is -2.40. The number of benzene rings is 1. The van der Waals surface area contributed by atoms with Crippen LogP contribution in [0.5, 0.6) is 0 Å². The molecule has 0 aliphatic carbocycles. The van der Waals surface area contributed by atoms with E-state index in [2.05, 4.69) is 20.3 Å². The summed E-state index contributed by atoms with van der Waals surface area (Å²) in [4.78, 5) is 60.3. The standard InChI is InChI=1S/C20H23N7O5/c1-13(28)9-26(8-7-21)15(29)10-27-12-22-16-17(27)23-19(24-18(16)30)25-20(31)32-11-14-5-3-2-4-6-14/h2-6,12H,7-11,21H2,1H3,(H2,23,24,25,30,31). The van der Waals surface area contributed by atoms with Crippen molar-refractivity contribution in [2.75, 3.05) is 25.0 Å². The zero-order chi connectivity index (χ0) is 23.1. The van der Waals surface area contributed by atoms with E-state index in [1.165, 1.54) is 22.7 Å². The first-order valence-corrected chi connectivity index (χ1v) is 9.77. The number of rotatable bonds is 9. The van der Waals surface area contributed by atoms with Gasteiger partial charge in [-0.15, -0.1) is 0 Å². The molecule has 3 rings (SSSR count). The van der Waals surface area contributed by atoms with Crippen LogP contribution in [0.3, 0.4) is 0 Å². The molecule has 4 N–H and O–H groups in total. The predicted octanol–water partition coefficient (Wildman–Crippen LogP) is 0.245. The van der Waals surface area contributed by atoms with Gasteiger partial charge in [0.25, 0.3) is 5.56 Å². The minimum Gasteiger partial charge on any atom is -0.444 e. The normalized spacial score (nSPS) is 10.7. The fourth-order valence-corrected chi connectivity index (χ4v) is 2.95. The number of nitrogens with two attached hydrogens (primary N) is 1. The third-order valence-corrected chi connectivity index (χ3v) is 4.38. The molecule has 0 fully saturated rings. The molecule has 3 aromatic rings. The third-order valence-electron chi connectivity index (χ3n) is 4.38. The largest absolute Gasteiger partial charge is 0.444 e. The molecule has 1 aromatic carbocycles. The molecule has 0 spiro atoms. The van der Waals surface area contributed by atoms with Gasteiger partial charge in [-0.1, -0.05) is 30.3 Å². The maximum Gasteiger partial charge on any atom is 0.414 e. The fourth-order valence-electron chi connectivity index (χ4n) is 2.95. The van der Waals surface area contributed by atoms with E-state index in [4.69, 9.17) is 10.5 Å². The highest BCUT2D eigenvalue weighted by atomic mass is 16.5. The number of amides is 2. The van der Waals surface area contributed by atoms with Crippen LogP contribution < -0.4 is 16.6 Å². The van der Waals surface area contributed by atoms with E-state index in [0.717, 1.165) is 5.56 Å². The van der Waals surface area contributed by atoms with Crippen LogP contribution in [0.4, 0.5) is 10.7 Å². The van der Waals surface area contributed by atoms with Crippen LogP contribution in [0, 0.1) is 0 Å². The highest BCUT2D eigenvalue weighted by molar-refractivity contribution is 5.86. The van der Waals surface area contributed by atoms with Gasteiger partial charge in [-0.3, -0.25) is 24.7 Å². The summed E-state index contributed by atoms with van der Waals surface area (Å²) in [5, 5.41) is 2.36. The summed E-state index contributed by atoms with van der Waals surface area (Å²) in [7, 11) is 0. The number of aromatic nitrogens is 4. The minimum absolute atomic E-state index is 0.00190. The Labute approximate surface area is 182 Å². The summed E-state index contributed by atoms with van der Waals surface area (Å²) in [6.07, 6.45) is 0.477. The Hall–Kier alpha value is -4.06. The molecule has 2 aromatic heterocycles. The Morgan fingerprint density at radius 1 is 1.25 bits per heavy atom. The van der Waals surface area contributed by atoms with E-state index in [1.54, 1.807) is 12.1 Å². The zero-order valence-electron chi connectivity index (χ0n) is 17.4. The average Bonchev–Trinajstić information content (AvgIpc) is 3.15. The van der Waals surface area contributed by atoms with Gasteiger partial charge in [0.05, 0.1) is 12.9 Å². The highest BCUT2D eigenvalue weighted by Crippen LogP contribution is 2.10. The fraction of sp³-hybridized carbons (Fsp3) is 0.300. The predicted molar refractivity (Wildman–Crippen MR) is 115 cm³/mol. The van der Waals surface area contributed by atoms with Crippen molar-refractivity contribution in [3.8, 4) is 0 Å². The molecule has 0 bridgehead atoms. The molecular formula is C20H23N7O5. The summed E-state index contributed by atoms with van der Waals surface area (Å²) in [5.74, 6) is -0.724. The maximum absolute atomic E-state index is 12.6. The number of Topliss-reactive ketones (excluding diaryl/α,β-unsaturated/α-hetero) is 1. The second kappa shape index (κ2) is 10.3. The van der Waals surface area contributed by atoms with Gasteiger partial charge >= 0.3 is 6.09 Å². The van der Waals surface area contributed by atoms with Gasteiger partial charge < -0.3 is 19.9 Å². The molecule has 2 amide bonds. The molecule has 0 saturated carbocycles. The summed E-state index contributed by atoms with van der Waals surface area (Å²) >= 11 is 0. The van der Waals surface area contributed by atoms with E-state index in [-0.39, 0.29) is 61.6 Å². The Morgan fingerprint density at radius 2 is 2.00 bits per heavy atom. The van der Waals surface area contributed by atoms with E-state index in [9.17, 15) is 19.2 Å². The first-order chi connectivity index (χ1) is 15.4. The minimum atomic E-state index is -0.811. The van der Waals surface area contributed by atoms with Gasteiger partial charge in [0.2, 0.25) is 11.9 Å². The second-order valence-electron chi connectivity index (χ2n) is 6.95. The molecule has 0 radical (unpaired) electrons. The Balaban J connectivity index is 1.74. The first-order valence-electron chi connectivity index (χ1n) is 9.77. The smallest absolute Gasteiger partial charge is 0.414 e. The first kappa shape index (κ1) is 22.6. The lowest BCUT2D eigenvalue weighted by atomic mass is 10.2. The summed E-state index contributed by atoms with van der Waals surface area (Å²) in [5.41, 5.74) is 5.81. The highest BCUT2D eigenvalue weighted by Gasteiger charge is 2.18. The summed E-state index contributed by atoms with van der Waals surface area (Å²) in [6, 6.07) is 9.08. The van der Waals surface area contributed by atoms with E-state index in [0.29, 0.717) is 0 Å². The molecule has 0 saturated heterocycles. The lowest BCUT2D eigenvalue weighted by Gasteiger charge is -2.20. The second-order valence-corrected chi connectivity index (χ2v) is 6.95. The van der Waals surface area contributed by atoms with Gasteiger partial charge in [-0.25, -0.2) is 9.78 Å². The number of aromatic amines is 1. The summed E-state index contributed by atoms with van der Waals surface area (Å²) < 4.78 is 6.47. The summed E-state index contributed by atoms with van der Waals surface area (Å²) in [6.45, 7) is 1.53. The molecule has 0 atom stereocenters. The molecule has 32 heavy (non-hydrogen) atoms. The van der Waals surface area contributed by atoms with Gasteiger partial charge in [-0.05, 0) is 12.5 Å². The molecule has 12 heteroatoms. The molecule has 0 aliphatic rings. The molecular weight excluding hydrogens is 418 g/mol. The number of ether oxygens (including phenoxy) is 1. The molecule has 2 heterocycles. The van der Waals surface area contributed by atoms with Crippen LogP contribution in [0.25, 0.3) is 11.2 Å². The van der Waals surface area contributed by atoms with Crippen LogP contribution in [0.1, 0.15) is 12.5 Å². The molecule has 0 unspecified atom stereocenters. The number of hydrogen-bond acceptors (Lipinski definition) is 8. The number of ketones is 1. The third kappa shape index (κ3) is 5.76. The van der Waals surface area contributed by atoms with Crippen molar-refractivity contribution < 1.29 is 19.1 Å². The number of H-pyrrole nitrogens is 1. The number of carbonyl (C=O) groups excluding carboxylic acids is 3. The van der Waals surface area contributed by atoms with Crippen molar-refractivity contribution in [2.45, 2.75) is 20.1 Å². The number of imidazole rings is 1. The van der Waals surface area contributed by atoms with Gasteiger partial charge in [0.1, 0.15) is 18.9 Å². The Kier molecular flexibility index (Phi) is 7.29. The van der Waals surface area contributed by atoms with Crippen LogP contribution in [-0.4, -0.2) is 61.8 Å². The number of nitrogens with one attached hydrogen (secondary N) is 2. The van der Waals surface area contributed by atoms with Crippen molar-refractivity contribution in [2.24, 2.45) is 5.73 Å². The lowest BCUT2D eigenvalue weighted by molar-refractivity contribution is -0.135. The average molecular weight is 441 g/mol. The van der Waals surface area contributed by atoms with Crippen molar-refractivity contribution in [3.05, 3.63) is 52.6 Å². The maximum atomic E-state index is 12.6. The van der Waals surface area contributed by atoms with Gasteiger partial charge in [0.15, 0.2) is 11.2 Å². The number of hydrogen-bond donors (Lipinski definition) is 3. The van der Waals surface area contributed by atoms with Crippen molar-refractivity contribution >= 4 is 34.9 Å². The van der Waals surface area contributed by atoms with E-state index in [1.807, 2.05) is 18.2 Å². The van der Waals surface area contributed by atoms with Crippen LogP contribution in [0.2, 0.25) is 0 Å². The van der Waals surface area contributed by atoms with Gasteiger partial charge in [-0.2, -0.15) is 4.98 Å². The van der Waals surface area contributed by atoms with Crippen molar-refractivity contribution in [1.29, 1.82) is 0 Å². The zero-order valence-corrected chi connectivity index (χ0v) is 17.4. The number of carbonyl (C=O) groups is 3. The van der Waals surface area contributed by atoms with Crippen molar-refractivity contribution in [1.82, 2.24) is 24.4 Å².